The van der Waals surface area contributed by atoms with Gasteiger partial charge in [-0.2, -0.15) is 0 Å². The molecule has 4 heterocycles. The van der Waals surface area contributed by atoms with E-state index >= 15 is 0 Å². The predicted octanol–water partition coefficient (Wildman–Crippen LogP) is 5.51. The molecular weight excluding hydrogens is 476 g/mol. The number of carbonyl (C=O) groups excluding carboxylic acids is 2. The Balaban J connectivity index is 1.43. The average Bonchev–Trinajstić information content (AvgIpc) is 3.50. The molecule has 2 amide bonds. The van der Waals surface area contributed by atoms with Crippen LogP contribution in [0.25, 0.3) is 11.0 Å². The van der Waals surface area contributed by atoms with Crippen molar-refractivity contribution in [3.8, 4) is 11.8 Å². The van der Waals surface area contributed by atoms with E-state index in [-0.39, 0.29) is 11.8 Å². The maximum absolute atomic E-state index is 13.1. The number of carbonyl (C=O) groups is 2. The van der Waals surface area contributed by atoms with E-state index in [4.69, 9.17) is 0 Å². The van der Waals surface area contributed by atoms with Gasteiger partial charge in [0, 0.05) is 23.5 Å². The Morgan fingerprint density at radius 2 is 2.03 bits per heavy atom. The molecule has 3 aromatic heterocycles. The van der Waals surface area contributed by atoms with Crippen LogP contribution in [-0.4, -0.2) is 50.8 Å². The Morgan fingerprint density at radius 3 is 2.76 bits per heavy atom. The van der Waals surface area contributed by atoms with Crippen molar-refractivity contribution in [3.05, 3.63) is 47.5 Å². The summed E-state index contributed by atoms with van der Waals surface area (Å²) in [7, 11) is 0. The molecule has 3 aromatic rings. The van der Waals surface area contributed by atoms with Gasteiger partial charge >= 0.3 is 0 Å². The number of H-pyrrole nitrogens is 1. The Bertz CT molecular complexity index is 1350. The van der Waals surface area contributed by atoms with Gasteiger partial charge in [0.25, 0.3) is 5.91 Å². The summed E-state index contributed by atoms with van der Waals surface area (Å²) in [6, 6.07) is 5.90. The third kappa shape index (κ3) is 6.99. The number of nitrogens with one attached hydrogen (secondary N) is 3. The molecular formula is C30H38N6O2. The summed E-state index contributed by atoms with van der Waals surface area (Å²) in [6.45, 7) is 9.61. The van der Waals surface area contributed by atoms with E-state index in [0.717, 1.165) is 43.3 Å². The van der Waals surface area contributed by atoms with Gasteiger partial charge < -0.3 is 15.6 Å². The molecule has 0 aliphatic carbocycles. The van der Waals surface area contributed by atoms with E-state index < -0.39 is 0 Å². The Labute approximate surface area is 225 Å². The van der Waals surface area contributed by atoms with Gasteiger partial charge in [-0.15, -0.1) is 0 Å². The van der Waals surface area contributed by atoms with Gasteiger partial charge in [0.1, 0.15) is 5.65 Å². The summed E-state index contributed by atoms with van der Waals surface area (Å²) in [5, 5.41) is 6.66. The second-order valence-electron chi connectivity index (χ2n) is 10.2. The highest BCUT2D eigenvalue weighted by Crippen LogP contribution is 2.21. The molecule has 0 spiro atoms. The highest BCUT2D eigenvalue weighted by Gasteiger charge is 2.22. The molecule has 1 aliphatic heterocycles. The van der Waals surface area contributed by atoms with Crippen molar-refractivity contribution < 1.29 is 9.59 Å². The number of hydrogen-bond acceptors (Lipinski definition) is 5. The molecule has 2 atom stereocenters. The molecule has 0 aromatic carbocycles. The van der Waals surface area contributed by atoms with Gasteiger partial charge in [0.2, 0.25) is 5.91 Å². The minimum Gasteiger partial charge on any atom is -0.333 e. The van der Waals surface area contributed by atoms with E-state index in [1.165, 1.54) is 12.8 Å². The number of rotatable bonds is 9. The third-order valence-corrected chi connectivity index (χ3v) is 7.20. The fourth-order valence-corrected chi connectivity index (χ4v) is 4.75. The lowest BCUT2D eigenvalue weighted by Crippen LogP contribution is -2.35. The minimum atomic E-state index is -0.293. The molecule has 200 valence electrons. The Hall–Kier alpha value is -3.70. The van der Waals surface area contributed by atoms with Crippen molar-refractivity contribution in [2.75, 3.05) is 23.7 Å². The number of amides is 2. The topological polar surface area (TPSA) is 103 Å². The van der Waals surface area contributed by atoms with Crippen molar-refractivity contribution in [2.45, 2.75) is 72.3 Å². The number of likely N-dealkylation sites (tertiary alicyclic amines) is 1. The van der Waals surface area contributed by atoms with Gasteiger partial charge in [-0.05, 0) is 70.2 Å². The van der Waals surface area contributed by atoms with Crippen LogP contribution < -0.4 is 10.6 Å². The molecule has 4 rings (SSSR count). The van der Waals surface area contributed by atoms with Gasteiger partial charge in [0.15, 0.2) is 0 Å². The van der Waals surface area contributed by atoms with E-state index in [0.29, 0.717) is 46.8 Å². The van der Waals surface area contributed by atoms with Crippen LogP contribution in [0.3, 0.4) is 0 Å². The molecule has 0 radical (unpaired) electrons. The zero-order valence-electron chi connectivity index (χ0n) is 22.9. The molecule has 1 saturated heterocycles. The molecule has 1 aliphatic rings. The SMILES string of the molecule is CCCCC(C#Cc1cc2cc(C(=O)Nc3cc(NC(=O)CN4CCCC4C)cnc3C)cnc2[nH]1)CC. The molecule has 8 nitrogen and oxygen atoms in total. The first-order valence-electron chi connectivity index (χ1n) is 13.7. The molecule has 3 N–H and O–H groups in total. The van der Waals surface area contributed by atoms with Crippen LogP contribution in [0, 0.1) is 24.7 Å². The summed E-state index contributed by atoms with van der Waals surface area (Å²) in [5.74, 6) is 6.62. The van der Waals surface area contributed by atoms with Crippen molar-refractivity contribution in [1.29, 1.82) is 0 Å². The number of aromatic amines is 1. The number of anilines is 2. The number of pyridine rings is 2. The fourth-order valence-electron chi connectivity index (χ4n) is 4.75. The summed E-state index contributed by atoms with van der Waals surface area (Å²) in [4.78, 5) is 39.8. The summed E-state index contributed by atoms with van der Waals surface area (Å²) in [6.07, 6.45) is 9.89. The smallest absolute Gasteiger partial charge is 0.257 e. The molecule has 2 unspecified atom stereocenters. The van der Waals surface area contributed by atoms with Crippen LogP contribution in [0.2, 0.25) is 0 Å². The van der Waals surface area contributed by atoms with Gasteiger partial charge in [-0.1, -0.05) is 32.6 Å². The van der Waals surface area contributed by atoms with E-state index in [1.54, 1.807) is 24.5 Å². The lowest BCUT2D eigenvalue weighted by atomic mass is 10.00. The standard InChI is InChI=1S/C30H38N6O2/c1-5-7-10-22(6-2)11-12-25-15-23-14-24(17-32-29(23)34-25)30(38)35-27-16-26(18-31-21(27)4)33-28(37)19-36-13-8-9-20(36)3/h14-18,20,22H,5-10,13,19H2,1-4H3,(H,32,34)(H,33,37)(H,35,38). The van der Waals surface area contributed by atoms with Gasteiger partial charge in [0.05, 0.1) is 41.1 Å². The fraction of sp³-hybridized carbons (Fsp3) is 0.467. The number of aryl methyl sites for hydroxylation is 1. The number of nitrogens with zero attached hydrogens (tertiary/aromatic N) is 3. The number of fused-ring (bicyclic) bond motifs is 1. The summed E-state index contributed by atoms with van der Waals surface area (Å²) < 4.78 is 0. The summed E-state index contributed by atoms with van der Waals surface area (Å²) >= 11 is 0. The zero-order chi connectivity index (χ0) is 27.1. The first kappa shape index (κ1) is 27.3. The molecule has 0 saturated carbocycles. The van der Waals surface area contributed by atoms with E-state index in [1.807, 2.05) is 13.0 Å². The lowest BCUT2D eigenvalue weighted by molar-refractivity contribution is -0.117. The number of aromatic nitrogens is 3. The highest BCUT2D eigenvalue weighted by atomic mass is 16.2. The van der Waals surface area contributed by atoms with Crippen LogP contribution in [0.4, 0.5) is 11.4 Å². The average molecular weight is 515 g/mol. The Kier molecular flexibility index (Phi) is 9.14. The quantitative estimate of drug-likeness (QED) is 0.327. The monoisotopic (exact) mass is 514 g/mol. The minimum absolute atomic E-state index is 0.0849. The van der Waals surface area contributed by atoms with Crippen LogP contribution in [0.15, 0.2) is 30.6 Å². The largest absolute Gasteiger partial charge is 0.333 e. The Morgan fingerprint density at radius 1 is 1.18 bits per heavy atom. The van der Waals surface area contributed by atoms with Crippen LogP contribution in [-0.2, 0) is 4.79 Å². The van der Waals surface area contributed by atoms with Crippen molar-refractivity contribution in [2.24, 2.45) is 5.92 Å². The molecule has 0 bridgehead atoms. The van der Waals surface area contributed by atoms with Gasteiger partial charge in [-0.3, -0.25) is 19.5 Å². The van der Waals surface area contributed by atoms with Crippen LogP contribution in [0.5, 0.6) is 0 Å². The van der Waals surface area contributed by atoms with Crippen molar-refractivity contribution in [3.63, 3.8) is 0 Å². The van der Waals surface area contributed by atoms with E-state index in [9.17, 15) is 9.59 Å². The first-order chi connectivity index (χ1) is 18.4. The van der Waals surface area contributed by atoms with Gasteiger partial charge in [-0.25, -0.2) is 4.98 Å². The molecule has 8 heteroatoms. The number of hydrogen-bond donors (Lipinski definition) is 3. The first-order valence-corrected chi connectivity index (χ1v) is 13.7. The summed E-state index contributed by atoms with van der Waals surface area (Å²) in [5.41, 5.74) is 3.68. The van der Waals surface area contributed by atoms with E-state index in [2.05, 4.69) is 63.1 Å². The third-order valence-electron chi connectivity index (χ3n) is 7.20. The van der Waals surface area contributed by atoms with Crippen LogP contribution in [0.1, 0.15) is 81.0 Å². The maximum Gasteiger partial charge on any atom is 0.257 e. The zero-order valence-corrected chi connectivity index (χ0v) is 22.9. The normalized spacial score (nSPS) is 16.2. The molecule has 38 heavy (non-hydrogen) atoms. The van der Waals surface area contributed by atoms with Crippen molar-refractivity contribution >= 4 is 34.2 Å². The second kappa shape index (κ2) is 12.7. The highest BCUT2D eigenvalue weighted by molar-refractivity contribution is 6.06. The van der Waals surface area contributed by atoms with Crippen LogP contribution >= 0.6 is 0 Å². The molecule has 1 fully saturated rings. The maximum atomic E-state index is 13.1. The lowest BCUT2D eigenvalue weighted by Gasteiger charge is -2.20. The number of unbranched alkanes of at least 4 members (excludes halogenated alkanes) is 1. The predicted molar refractivity (Wildman–Crippen MR) is 152 cm³/mol. The van der Waals surface area contributed by atoms with Crippen molar-refractivity contribution in [1.82, 2.24) is 19.9 Å². The second-order valence-corrected chi connectivity index (χ2v) is 10.2.